The average molecular weight is 812 g/mol. The summed E-state index contributed by atoms with van der Waals surface area (Å²) < 4.78 is 3.69. The molecule has 0 unspecified atom stereocenters. The Kier molecular flexibility index (Phi) is 11.2. The normalized spacial score (nSPS) is 11.3. The predicted molar refractivity (Wildman–Crippen MR) is 196 cm³/mol. The summed E-state index contributed by atoms with van der Waals surface area (Å²) in [5, 5.41) is 4.88. The van der Waals surface area contributed by atoms with Gasteiger partial charge in [0.2, 0.25) is 0 Å². The zero-order valence-electron chi connectivity index (χ0n) is 27.9. The van der Waals surface area contributed by atoms with Gasteiger partial charge in [0.1, 0.15) is 0 Å². The zero-order valence-corrected chi connectivity index (χ0v) is 31.1. The second-order valence-electron chi connectivity index (χ2n) is 12.9. The van der Waals surface area contributed by atoms with Crippen LogP contribution in [0.25, 0.3) is 49.5 Å². The topological polar surface area (TPSA) is 30.7 Å². The standard InChI is InChI=1S/C31H33N2S.C11H8N.Ir/c1-19(2)16-22-14-15-25-26(18-34-29(25)17-22)31-32-27-12-7-8-13-28(27)33(31)30-23(20(3)4)10-9-11-24(30)21(5)6;1-2-6-10(7-3-1)11-8-4-5-9-12-11;/h7-15,17,19-21H,16H2,1-6H3;1-6,8-9H;/q2*-1;. The molecule has 3 aromatic heterocycles. The molecule has 3 nitrogen and oxygen atoms in total. The number of hydrogen-bond acceptors (Lipinski definition) is 3. The molecule has 0 N–H and O–H groups in total. The van der Waals surface area contributed by atoms with Crippen LogP contribution in [0.5, 0.6) is 0 Å². The molecule has 0 saturated carbocycles. The van der Waals surface area contributed by atoms with Crippen LogP contribution in [-0.2, 0) is 26.5 Å². The van der Waals surface area contributed by atoms with Crippen LogP contribution < -0.4 is 0 Å². The maximum atomic E-state index is 5.19. The van der Waals surface area contributed by atoms with E-state index in [1.165, 1.54) is 32.5 Å². The first-order chi connectivity index (χ1) is 22.3. The fraction of sp³-hybridized carbons (Fsp3) is 0.238. The average Bonchev–Trinajstić information content (AvgIpc) is 3.66. The smallest absolute Gasteiger partial charge is 0.0774 e. The first kappa shape index (κ1) is 34.4. The second-order valence-corrected chi connectivity index (χ2v) is 13.7. The van der Waals surface area contributed by atoms with Crippen molar-refractivity contribution in [2.75, 3.05) is 0 Å². The van der Waals surface area contributed by atoms with Crippen molar-refractivity contribution in [3.05, 3.63) is 137 Å². The van der Waals surface area contributed by atoms with E-state index in [0.717, 1.165) is 40.1 Å². The largest absolute Gasteiger partial charge is 0.333 e. The minimum atomic E-state index is 0. The third-order valence-corrected chi connectivity index (χ3v) is 9.09. The van der Waals surface area contributed by atoms with Gasteiger partial charge in [-0.05, 0) is 59.2 Å². The molecule has 0 aliphatic rings. The van der Waals surface area contributed by atoms with E-state index in [-0.39, 0.29) is 20.1 Å². The fourth-order valence-corrected chi connectivity index (χ4v) is 6.95. The molecule has 0 saturated heterocycles. The monoisotopic (exact) mass is 812 g/mol. The van der Waals surface area contributed by atoms with E-state index in [4.69, 9.17) is 4.98 Å². The molecule has 241 valence electrons. The maximum Gasteiger partial charge on any atom is 0.0774 e. The Morgan fingerprint density at radius 2 is 1.49 bits per heavy atom. The molecule has 4 aromatic carbocycles. The Morgan fingerprint density at radius 1 is 0.766 bits per heavy atom. The summed E-state index contributed by atoms with van der Waals surface area (Å²) >= 11 is 1.71. The van der Waals surface area contributed by atoms with Crippen LogP contribution in [0.2, 0.25) is 0 Å². The predicted octanol–water partition coefficient (Wildman–Crippen LogP) is 11.7. The minimum Gasteiger partial charge on any atom is -0.333 e. The van der Waals surface area contributed by atoms with Gasteiger partial charge in [0, 0.05) is 32.0 Å². The number of hydrogen-bond donors (Lipinski definition) is 0. The Morgan fingerprint density at radius 3 is 2.15 bits per heavy atom. The third-order valence-electron chi connectivity index (χ3n) is 8.22. The summed E-state index contributed by atoms with van der Waals surface area (Å²) in [6.07, 6.45) is 2.89. The van der Waals surface area contributed by atoms with Crippen LogP contribution in [0.4, 0.5) is 0 Å². The molecule has 0 fully saturated rings. The van der Waals surface area contributed by atoms with E-state index in [9.17, 15) is 0 Å². The number of imidazole rings is 1. The van der Waals surface area contributed by atoms with Gasteiger partial charge in [-0.3, -0.25) is 16.3 Å². The Balaban J connectivity index is 0.000000280. The van der Waals surface area contributed by atoms with E-state index in [1.54, 1.807) is 17.5 Å². The van der Waals surface area contributed by atoms with Crippen molar-refractivity contribution in [2.24, 2.45) is 5.92 Å². The van der Waals surface area contributed by atoms with Gasteiger partial charge >= 0.3 is 0 Å². The summed E-state index contributed by atoms with van der Waals surface area (Å²) in [4.78, 5) is 9.41. The summed E-state index contributed by atoms with van der Waals surface area (Å²) in [6.45, 7) is 13.7. The molecule has 0 atom stereocenters. The summed E-state index contributed by atoms with van der Waals surface area (Å²) in [5.41, 5.74) is 10.7. The van der Waals surface area contributed by atoms with Gasteiger partial charge < -0.3 is 9.55 Å². The van der Waals surface area contributed by atoms with Crippen molar-refractivity contribution in [3.63, 3.8) is 0 Å². The van der Waals surface area contributed by atoms with Crippen LogP contribution in [0.1, 0.15) is 70.1 Å². The minimum absolute atomic E-state index is 0. The number of fused-ring (bicyclic) bond motifs is 2. The van der Waals surface area contributed by atoms with Gasteiger partial charge in [0.15, 0.2) is 0 Å². The van der Waals surface area contributed by atoms with E-state index in [1.807, 2.05) is 42.5 Å². The van der Waals surface area contributed by atoms with Crippen molar-refractivity contribution >= 4 is 32.5 Å². The van der Waals surface area contributed by atoms with Gasteiger partial charge in [-0.2, -0.15) is 0 Å². The molecular weight excluding hydrogens is 771 g/mol. The van der Waals surface area contributed by atoms with Crippen molar-refractivity contribution in [1.29, 1.82) is 0 Å². The van der Waals surface area contributed by atoms with Gasteiger partial charge in [-0.1, -0.05) is 117 Å². The summed E-state index contributed by atoms with van der Waals surface area (Å²) in [5.74, 6) is 2.44. The first-order valence-electron chi connectivity index (χ1n) is 16.2. The van der Waals surface area contributed by atoms with Gasteiger partial charge in [0.25, 0.3) is 0 Å². The van der Waals surface area contributed by atoms with Crippen LogP contribution in [-0.4, -0.2) is 14.5 Å². The van der Waals surface area contributed by atoms with Crippen LogP contribution in [0.15, 0.2) is 109 Å². The fourth-order valence-electron chi connectivity index (χ4n) is 6.05. The molecule has 47 heavy (non-hydrogen) atoms. The van der Waals surface area contributed by atoms with Crippen LogP contribution >= 0.6 is 11.3 Å². The zero-order chi connectivity index (χ0) is 32.2. The summed E-state index contributed by atoms with van der Waals surface area (Å²) in [6, 6.07) is 39.0. The molecular formula is C42H41IrN3S-2. The molecule has 1 radical (unpaired) electrons. The molecule has 5 heteroatoms. The molecule has 3 heterocycles. The maximum absolute atomic E-state index is 5.19. The number of para-hydroxylation sites is 3. The van der Waals surface area contributed by atoms with Crippen molar-refractivity contribution in [3.8, 4) is 28.3 Å². The second kappa shape index (κ2) is 15.3. The number of benzene rings is 4. The third kappa shape index (κ3) is 7.49. The summed E-state index contributed by atoms with van der Waals surface area (Å²) in [7, 11) is 0. The van der Waals surface area contributed by atoms with Crippen molar-refractivity contribution in [1.82, 2.24) is 14.5 Å². The number of nitrogens with zero attached hydrogens (tertiary/aromatic N) is 3. The Bertz CT molecular complexity index is 1990. The van der Waals surface area contributed by atoms with Gasteiger partial charge in [-0.15, -0.1) is 47.3 Å². The van der Waals surface area contributed by atoms with Crippen molar-refractivity contribution < 1.29 is 20.1 Å². The van der Waals surface area contributed by atoms with Gasteiger partial charge in [0.05, 0.1) is 16.9 Å². The Hall–Kier alpha value is -3.89. The first-order valence-corrected chi connectivity index (χ1v) is 17.1. The van der Waals surface area contributed by atoms with E-state index >= 15 is 0 Å². The number of rotatable bonds is 7. The molecule has 7 rings (SSSR count). The van der Waals surface area contributed by atoms with Gasteiger partial charge in [-0.25, -0.2) is 0 Å². The van der Waals surface area contributed by atoms with Crippen molar-refractivity contribution in [2.45, 2.75) is 59.8 Å². The molecule has 7 aromatic rings. The molecule has 0 bridgehead atoms. The molecule has 0 aliphatic carbocycles. The Labute approximate surface area is 297 Å². The quantitative estimate of drug-likeness (QED) is 0.150. The molecule has 0 amide bonds. The molecule has 0 spiro atoms. The van der Waals surface area contributed by atoms with Crippen LogP contribution in [0.3, 0.4) is 0 Å². The molecule has 0 aliphatic heterocycles. The van der Waals surface area contributed by atoms with E-state index < -0.39 is 0 Å². The van der Waals surface area contributed by atoms with Crippen LogP contribution in [0, 0.1) is 17.4 Å². The number of pyridine rings is 1. The van der Waals surface area contributed by atoms with E-state index in [0.29, 0.717) is 17.8 Å². The van der Waals surface area contributed by atoms with E-state index in [2.05, 4.69) is 123 Å². The SMILES string of the molecule is CC(C)Cc1ccc2c(-c3nc4ccccc4n3-c3c(C(C)C)cccc3C(C)C)[c-]sc2c1.[Ir].[c-]1ccccc1-c1ccccn1. The number of aromatic nitrogens is 3. The number of thiophene rings is 1.